The number of aromatic nitrogens is 2. The third-order valence-corrected chi connectivity index (χ3v) is 5.15. The van der Waals surface area contributed by atoms with Crippen LogP contribution in [0.4, 0.5) is 5.13 Å². The Morgan fingerprint density at radius 2 is 2.10 bits per heavy atom. The second-order valence-electron chi connectivity index (χ2n) is 5.95. The lowest BCUT2D eigenvalue weighted by Gasteiger charge is -2.17. The largest absolute Gasteiger partial charge is 0.477 e. The molecule has 114 valence electrons. The first kappa shape index (κ1) is 15.9. The minimum Gasteiger partial charge on any atom is -0.477 e. The van der Waals surface area contributed by atoms with Gasteiger partial charge in [-0.25, -0.2) is 14.8 Å². The van der Waals surface area contributed by atoms with Crippen molar-refractivity contribution in [3.8, 4) is 0 Å². The van der Waals surface area contributed by atoms with Gasteiger partial charge in [0.15, 0.2) is 5.13 Å². The summed E-state index contributed by atoms with van der Waals surface area (Å²) in [5, 5.41) is 10.1. The average Bonchev–Trinajstić information content (AvgIpc) is 2.95. The van der Waals surface area contributed by atoms with Gasteiger partial charge in [-0.15, -0.1) is 11.3 Å². The summed E-state index contributed by atoms with van der Waals surface area (Å²) in [6.07, 6.45) is 0. The van der Waals surface area contributed by atoms with E-state index < -0.39 is 5.97 Å². The molecule has 2 aromatic rings. The van der Waals surface area contributed by atoms with Gasteiger partial charge in [0, 0.05) is 17.3 Å². The van der Waals surface area contributed by atoms with Gasteiger partial charge < -0.3 is 10.0 Å². The van der Waals surface area contributed by atoms with Crippen LogP contribution in [-0.2, 0) is 12.0 Å². The van der Waals surface area contributed by atoms with E-state index in [4.69, 9.17) is 0 Å². The van der Waals surface area contributed by atoms with Crippen molar-refractivity contribution >= 4 is 33.8 Å². The molecular weight excluding hydrogens is 306 g/mol. The van der Waals surface area contributed by atoms with Crippen molar-refractivity contribution in [1.29, 1.82) is 0 Å². The lowest BCUT2D eigenvalue weighted by Crippen LogP contribution is -2.18. The Morgan fingerprint density at radius 1 is 1.43 bits per heavy atom. The molecule has 0 saturated heterocycles. The van der Waals surface area contributed by atoms with Gasteiger partial charge in [0.05, 0.1) is 23.4 Å². The molecule has 1 N–H and O–H groups in total. The molecule has 2 rings (SSSR count). The summed E-state index contributed by atoms with van der Waals surface area (Å²) < 4.78 is 0. The summed E-state index contributed by atoms with van der Waals surface area (Å²) in [6.45, 7) is 8.60. The van der Waals surface area contributed by atoms with E-state index in [1.165, 1.54) is 16.2 Å². The van der Waals surface area contributed by atoms with Gasteiger partial charge in [-0.1, -0.05) is 32.1 Å². The van der Waals surface area contributed by atoms with Crippen molar-refractivity contribution < 1.29 is 9.90 Å². The van der Waals surface area contributed by atoms with Crippen LogP contribution in [0.2, 0.25) is 0 Å². The van der Waals surface area contributed by atoms with E-state index in [9.17, 15) is 9.90 Å². The molecule has 7 heteroatoms. The molecule has 0 radical (unpaired) electrons. The van der Waals surface area contributed by atoms with Crippen molar-refractivity contribution in [3.05, 3.63) is 26.7 Å². The van der Waals surface area contributed by atoms with E-state index in [0.717, 1.165) is 10.8 Å². The number of nitrogens with zero attached hydrogens (tertiary/aromatic N) is 3. The van der Waals surface area contributed by atoms with Crippen molar-refractivity contribution in [2.24, 2.45) is 0 Å². The molecule has 5 nitrogen and oxygen atoms in total. The zero-order chi connectivity index (χ0) is 15.8. The molecule has 21 heavy (non-hydrogen) atoms. The molecule has 0 aromatic carbocycles. The van der Waals surface area contributed by atoms with Crippen LogP contribution in [0.1, 0.15) is 46.7 Å². The highest BCUT2D eigenvalue weighted by Gasteiger charge is 2.28. The van der Waals surface area contributed by atoms with Crippen LogP contribution < -0.4 is 4.90 Å². The third kappa shape index (κ3) is 3.41. The van der Waals surface area contributed by atoms with E-state index in [0.29, 0.717) is 17.1 Å². The Labute approximate surface area is 132 Å². The van der Waals surface area contributed by atoms with Crippen LogP contribution in [0.25, 0.3) is 0 Å². The zero-order valence-corrected chi connectivity index (χ0v) is 14.4. The van der Waals surface area contributed by atoms with Gasteiger partial charge >= 0.3 is 5.97 Å². The first-order chi connectivity index (χ1) is 9.70. The van der Waals surface area contributed by atoms with Gasteiger partial charge in [-0.05, 0) is 6.92 Å². The normalized spacial score (nSPS) is 11.7. The molecule has 2 aromatic heterocycles. The van der Waals surface area contributed by atoms with Crippen LogP contribution >= 0.6 is 22.7 Å². The summed E-state index contributed by atoms with van der Waals surface area (Å²) in [4.78, 5) is 23.7. The van der Waals surface area contributed by atoms with E-state index >= 15 is 0 Å². The van der Waals surface area contributed by atoms with Gasteiger partial charge in [0.1, 0.15) is 4.88 Å². The molecule has 0 aliphatic heterocycles. The average molecular weight is 325 g/mol. The molecule has 0 saturated carbocycles. The topological polar surface area (TPSA) is 66.3 Å². The van der Waals surface area contributed by atoms with Gasteiger partial charge in [-0.3, -0.25) is 0 Å². The zero-order valence-electron chi connectivity index (χ0n) is 12.8. The van der Waals surface area contributed by atoms with Crippen LogP contribution in [0.5, 0.6) is 0 Å². The first-order valence-electron chi connectivity index (χ1n) is 6.55. The van der Waals surface area contributed by atoms with Gasteiger partial charge in [-0.2, -0.15) is 0 Å². The maximum absolute atomic E-state index is 11.4. The fourth-order valence-corrected chi connectivity index (χ4v) is 3.79. The predicted molar refractivity (Wildman–Crippen MR) is 86.7 cm³/mol. The number of carbonyl (C=O) groups is 1. The third-order valence-electron chi connectivity index (χ3n) is 3.07. The molecule has 0 amide bonds. The number of hydrogen-bond donors (Lipinski definition) is 1. The maximum atomic E-state index is 11.4. The summed E-state index contributed by atoms with van der Waals surface area (Å²) in [5.41, 5.74) is 3.19. The van der Waals surface area contributed by atoms with Crippen LogP contribution in [-0.4, -0.2) is 28.1 Å². The molecule has 0 bridgehead atoms. The van der Waals surface area contributed by atoms with E-state index in [1.807, 2.05) is 45.2 Å². The highest BCUT2D eigenvalue weighted by Crippen LogP contribution is 2.34. The number of carboxylic acids is 1. The summed E-state index contributed by atoms with van der Waals surface area (Å²) in [6, 6.07) is 0. The van der Waals surface area contributed by atoms with Crippen molar-refractivity contribution in [1.82, 2.24) is 9.97 Å². The molecule has 0 aliphatic carbocycles. The number of thiazole rings is 2. The second kappa shape index (κ2) is 5.73. The number of hydrogen-bond acceptors (Lipinski definition) is 6. The van der Waals surface area contributed by atoms with Crippen LogP contribution in [0.3, 0.4) is 0 Å². The van der Waals surface area contributed by atoms with Gasteiger partial charge in [0.25, 0.3) is 0 Å². The smallest absolute Gasteiger partial charge is 0.347 e. The summed E-state index contributed by atoms with van der Waals surface area (Å²) in [7, 11) is 1.93. The predicted octanol–water partition coefficient (Wildman–Crippen LogP) is 3.54. The van der Waals surface area contributed by atoms with Crippen molar-refractivity contribution in [2.75, 3.05) is 11.9 Å². The van der Waals surface area contributed by atoms with Crippen molar-refractivity contribution in [2.45, 2.75) is 39.7 Å². The standard InChI is InChI=1S/C14H19N3O2S2/c1-8-9(20-7-15-8)6-17(5)13-16-11(14(2,3)4)10(21-13)12(18)19/h7H,6H2,1-5H3,(H,18,19). The summed E-state index contributed by atoms with van der Waals surface area (Å²) >= 11 is 2.83. The van der Waals surface area contributed by atoms with E-state index in [1.54, 1.807) is 11.3 Å². The maximum Gasteiger partial charge on any atom is 0.347 e. The lowest BCUT2D eigenvalue weighted by atomic mass is 9.91. The molecule has 0 fully saturated rings. The Hall–Kier alpha value is -1.47. The van der Waals surface area contributed by atoms with Crippen LogP contribution in [0.15, 0.2) is 5.51 Å². The van der Waals surface area contributed by atoms with E-state index in [-0.39, 0.29) is 5.41 Å². The number of anilines is 1. The van der Waals surface area contributed by atoms with E-state index in [2.05, 4.69) is 9.97 Å². The number of rotatable bonds is 4. The molecule has 0 unspecified atom stereocenters. The minimum atomic E-state index is -0.911. The fraction of sp³-hybridized carbons (Fsp3) is 0.500. The number of aryl methyl sites for hydroxylation is 1. The molecule has 0 atom stereocenters. The SMILES string of the molecule is Cc1ncsc1CN(C)c1nc(C(C)(C)C)c(C(=O)O)s1. The van der Waals surface area contributed by atoms with Crippen molar-refractivity contribution in [3.63, 3.8) is 0 Å². The molecule has 2 heterocycles. The number of aromatic carboxylic acids is 1. The lowest BCUT2D eigenvalue weighted by molar-refractivity contribution is 0.0699. The minimum absolute atomic E-state index is 0.288. The second-order valence-corrected chi connectivity index (χ2v) is 7.86. The number of carboxylic acid groups (broad SMARTS) is 1. The van der Waals surface area contributed by atoms with Gasteiger partial charge in [0.2, 0.25) is 0 Å². The fourth-order valence-electron chi connectivity index (χ4n) is 1.89. The highest BCUT2D eigenvalue weighted by molar-refractivity contribution is 7.17. The Balaban J connectivity index is 2.32. The quantitative estimate of drug-likeness (QED) is 0.931. The molecule has 0 spiro atoms. The molecular formula is C14H19N3O2S2. The molecule has 0 aliphatic rings. The monoisotopic (exact) mass is 325 g/mol. The Bertz CT molecular complexity index is 655. The Morgan fingerprint density at radius 3 is 2.52 bits per heavy atom. The van der Waals surface area contributed by atoms with Crippen LogP contribution in [0, 0.1) is 6.92 Å². The summed E-state index contributed by atoms with van der Waals surface area (Å²) in [5.74, 6) is -0.911. The highest BCUT2D eigenvalue weighted by atomic mass is 32.1. The first-order valence-corrected chi connectivity index (χ1v) is 8.24. The Kier molecular flexibility index (Phi) is 4.34.